The molecule has 18 heavy (non-hydrogen) atoms. The van der Waals surface area contributed by atoms with Crippen molar-refractivity contribution in [2.75, 3.05) is 11.1 Å². The summed E-state index contributed by atoms with van der Waals surface area (Å²) < 4.78 is 1.45. The Morgan fingerprint density at radius 1 is 1.61 bits per heavy atom. The third-order valence-corrected chi connectivity index (χ3v) is 2.52. The molecule has 0 saturated heterocycles. The van der Waals surface area contributed by atoms with Crippen molar-refractivity contribution < 1.29 is 4.79 Å². The van der Waals surface area contributed by atoms with Gasteiger partial charge in [-0.2, -0.15) is 5.10 Å². The van der Waals surface area contributed by atoms with Gasteiger partial charge in [-0.1, -0.05) is 11.6 Å². The van der Waals surface area contributed by atoms with Crippen molar-refractivity contribution in [3.05, 3.63) is 35.2 Å². The van der Waals surface area contributed by atoms with Crippen LogP contribution in [0.5, 0.6) is 0 Å². The minimum atomic E-state index is -0.243. The van der Waals surface area contributed by atoms with Crippen LogP contribution in [0, 0.1) is 6.92 Å². The van der Waals surface area contributed by atoms with E-state index in [1.807, 2.05) is 6.92 Å². The van der Waals surface area contributed by atoms with E-state index in [0.29, 0.717) is 11.5 Å². The Morgan fingerprint density at radius 3 is 3.06 bits per heavy atom. The number of nitrogens with two attached hydrogens (primary N) is 1. The van der Waals surface area contributed by atoms with Gasteiger partial charge in [-0.05, 0) is 24.6 Å². The van der Waals surface area contributed by atoms with E-state index in [1.165, 1.54) is 4.68 Å². The summed E-state index contributed by atoms with van der Waals surface area (Å²) >= 11 is 5.88. The molecular formula is C11H12ClN5O. The highest BCUT2D eigenvalue weighted by molar-refractivity contribution is 6.32. The number of nitrogens with one attached hydrogen (secondary N) is 1. The van der Waals surface area contributed by atoms with Crippen LogP contribution in [-0.2, 0) is 11.3 Å². The molecule has 0 aromatic carbocycles. The molecular weight excluding hydrogens is 254 g/mol. The summed E-state index contributed by atoms with van der Waals surface area (Å²) in [6, 6.07) is 3.37. The molecule has 7 heteroatoms. The van der Waals surface area contributed by atoms with Crippen LogP contribution in [0.4, 0.5) is 11.5 Å². The van der Waals surface area contributed by atoms with E-state index in [0.717, 1.165) is 5.56 Å². The normalized spacial score (nSPS) is 10.3. The third kappa shape index (κ3) is 2.98. The summed E-state index contributed by atoms with van der Waals surface area (Å²) in [6.45, 7) is 1.94. The zero-order chi connectivity index (χ0) is 13.1. The summed E-state index contributed by atoms with van der Waals surface area (Å²) in [4.78, 5) is 15.7. The highest BCUT2D eigenvalue weighted by Crippen LogP contribution is 2.19. The number of aromatic nitrogens is 3. The Kier molecular flexibility index (Phi) is 3.47. The fourth-order valence-electron chi connectivity index (χ4n) is 1.44. The van der Waals surface area contributed by atoms with Gasteiger partial charge in [-0.25, -0.2) is 4.98 Å². The molecule has 0 aliphatic heterocycles. The largest absolute Gasteiger partial charge is 0.382 e. The van der Waals surface area contributed by atoms with Gasteiger partial charge in [0.2, 0.25) is 5.91 Å². The Balaban J connectivity index is 2.05. The number of nitrogens with zero attached hydrogens (tertiary/aromatic N) is 3. The second-order valence-corrected chi connectivity index (χ2v) is 4.20. The van der Waals surface area contributed by atoms with Crippen molar-refractivity contribution in [1.82, 2.24) is 14.8 Å². The lowest BCUT2D eigenvalue weighted by Gasteiger charge is -2.07. The SMILES string of the molecule is Cc1cnc(Cl)c(NC(=O)Cn2ccc(N)n2)c1. The lowest BCUT2D eigenvalue weighted by molar-refractivity contribution is -0.116. The van der Waals surface area contributed by atoms with Gasteiger partial charge in [0.15, 0.2) is 5.15 Å². The number of carbonyl (C=O) groups is 1. The molecule has 0 saturated carbocycles. The second-order valence-electron chi connectivity index (χ2n) is 3.84. The molecule has 6 nitrogen and oxygen atoms in total. The van der Waals surface area contributed by atoms with Gasteiger partial charge in [0.25, 0.3) is 0 Å². The van der Waals surface area contributed by atoms with Crippen LogP contribution in [0.2, 0.25) is 5.15 Å². The molecule has 1 amide bonds. The lowest BCUT2D eigenvalue weighted by Crippen LogP contribution is -2.19. The van der Waals surface area contributed by atoms with Gasteiger partial charge < -0.3 is 11.1 Å². The van der Waals surface area contributed by atoms with Crippen molar-refractivity contribution in [3.8, 4) is 0 Å². The first-order chi connectivity index (χ1) is 8.54. The maximum Gasteiger partial charge on any atom is 0.246 e. The van der Waals surface area contributed by atoms with Crippen molar-refractivity contribution in [3.63, 3.8) is 0 Å². The number of amides is 1. The van der Waals surface area contributed by atoms with Crippen molar-refractivity contribution >= 4 is 29.0 Å². The molecule has 2 aromatic heterocycles. The van der Waals surface area contributed by atoms with Crippen LogP contribution < -0.4 is 11.1 Å². The van der Waals surface area contributed by atoms with E-state index in [4.69, 9.17) is 17.3 Å². The predicted octanol–water partition coefficient (Wildman–Crippen LogP) is 1.46. The Labute approximate surface area is 109 Å². The van der Waals surface area contributed by atoms with Gasteiger partial charge in [0.1, 0.15) is 12.4 Å². The number of aryl methyl sites for hydroxylation is 1. The zero-order valence-electron chi connectivity index (χ0n) is 9.72. The summed E-state index contributed by atoms with van der Waals surface area (Å²) in [5.41, 5.74) is 6.86. The van der Waals surface area contributed by atoms with Crippen molar-refractivity contribution in [2.45, 2.75) is 13.5 Å². The minimum absolute atomic E-state index is 0.0709. The van der Waals surface area contributed by atoms with E-state index < -0.39 is 0 Å². The molecule has 0 aliphatic rings. The fraction of sp³-hybridized carbons (Fsp3) is 0.182. The average molecular weight is 266 g/mol. The molecule has 0 radical (unpaired) electrons. The molecule has 0 bridgehead atoms. The van der Waals surface area contributed by atoms with Crippen molar-refractivity contribution in [2.24, 2.45) is 0 Å². The van der Waals surface area contributed by atoms with Crippen LogP contribution in [0.15, 0.2) is 24.5 Å². The van der Waals surface area contributed by atoms with E-state index >= 15 is 0 Å². The van der Waals surface area contributed by atoms with E-state index in [2.05, 4.69) is 15.4 Å². The zero-order valence-corrected chi connectivity index (χ0v) is 10.5. The Bertz CT molecular complexity index is 581. The first-order valence-electron chi connectivity index (χ1n) is 5.25. The molecule has 3 N–H and O–H groups in total. The smallest absolute Gasteiger partial charge is 0.246 e. The summed E-state index contributed by atoms with van der Waals surface area (Å²) in [7, 11) is 0. The second kappa shape index (κ2) is 5.05. The highest BCUT2D eigenvalue weighted by Gasteiger charge is 2.08. The Hall–Kier alpha value is -2.08. The van der Waals surface area contributed by atoms with Gasteiger partial charge in [-0.3, -0.25) is 9.48 Å². The van der Waals surface area contributed by atoms with Crippen LogP contribution >= 0.6 is 11.6 Å². The number of hydrogen-bond donors (Lipinski definition) is 2. The Morgan fingerprint density at radius 2 is 2.39 bits per heavy atom. The fourth-order valence-corrected chi connectivity index (χ4v) is 1.59. The monoisotopic (exact) mass is 265 g/mol. The molecule has 0 spiro atoms. The minimum Gasteiger partial charge on any atom is -0.382 e. The van der Waals surface area contributed by atoms with E-state index in [9.17, 15) is 4.79 Å². The molecule has 2 rings (SSSR count). The molecule has 94 valence electrons. The number of hydrogen-bond acceptors (Lipinski definition) is 4. The average Bonchev–Trinajstić information content (AvgIpc) is 2.69. The first-order valence-corrected chi connectivity index (χ1v) is 5.63. The molecule has 2 aromatic rings. The maximum atomic E-state index is 11.8. The van der Waals surface area contributed by atoms with Crippen LogP contribution in [0.3, 0.4) is 0 Å². The maximum absolute atomic E-state index is 11.8. The van der Waals surface area contributed by atoms with Crippen molar-refractivity contribution in [1.29, 1.82) is 0 Å². The number of carbonyl (C=O) groups excluding carboxylic acids is 1. The lowest BCUT2D eigenvalue weighted by atomic mass is 10.3. The molecule has 2 heterocycles. The van der Waals surface area contributed by atoms with Gasteiger partial charge >= 0.3 is 0 Å². The third-order valence-electron chi connectivity index (χ3n) is 2.22. The van der Waals surface area contributed by atoms with Crippen LogP contribution in [0.25, 0.3) is 0 Å². The van der Waals surface area contributed by atoms with Gasteiger partial charge in [-0.15, -0.1) is 0 Å². The molecule has 0 aliphatic carbocycles. The highest BCUT2D eigenvalue weighted by atomic mass is 35.5. The van der Waals surface area contributed by atoms with Gasteiger partial charge in [0, 0.05) is 12.4 Å². The van der Waals surface area contributed by atoms with E-state index in [-0.39, 0.29) is 17.6 Å². The number of pyridine rings is 1. The molecule has 0 fully saturated rings. The summed E-state index contributed by atoms with van der Waals surface area (Å²) in [6.07, 6.45) is 3.26. The summed E-state index contributed by atoms with van der Waals surface area (Å²) in [5.74, 6) is 0.130. The summed E-state index contributed by atoms with van der Waals surface area (Å²) in [5, 5.41) is 6.85. The molecule has 0 atom stereocenters. The predicted molar refractivity (Wildman–Crippen MR) is 69.3 cm³/mol. The standard InChI is InChI=1S/C11H12ClN5O/c1-7-4-8(11(12)14-5-7)15-10(18)6-17-3-2-9(13)16-17/h2-5H,6H2,1H3,(H2,13,16)(H,15,18). The van der Waals surface area contributed by atoms with Gasteiger partial charge in [0.05, 0.1) is 5.69 Å². The van der Waals surface area contributed by atoms with Crippen LogP contribution in [0.1, 0.15) is 5.56 Å². The number of anilines is 2. The first kappa shape index (κ1) is 12.4. The quantitative estimate of drug-likeness (QED) is 0.823. The number of halogens is 1. The number of rotatable bonds is 3. The number of nitrogen functional groups attached to an aromatic ring is 1. The topological polar surface area (TPSA) is 85.8 Å². The van der Waals surface area contributed by atoms with Crippen LogP contribution in [-0.4, -0.2) is 20.7 Å². The molecule has 0 unspecified atom stereocenters. The van der Waals surface area contributed by atoms with E-state index in [1.54, 1.807) is 24.5 Å².